The molecule has 0 bridgehead atoms. The van der Waals surface area contributed by atoms with Gasteiger partial charge in [0.05, 0.1) is 0 Å². The van der Waals surface area contributed by atoms with Crippen LogP contribution in [-0.2, 0) is 6.54 Å². The van der Waals surface area contributed by atoms with Gasteiger partial charge in [0, 0.05) is 43.1 Å². The fourth-order valence-corrected chi connectivity index (χ4v) is 4.13. The average molecular weight is 372 g/mol. The summed E-state index contributed by atoms with van der Waals surface area (Å²) in [6.07, 6.45) is 6.73. The Kier molecular flexibility index (Phi) is 4.68. The van der Waals surface area contributed by atoms with Crippen molar-refractivity contribution >= 4 is 23.6 Å². The summed E-state index contributed by atoms with van der Waals surface area (Å²) in [5.41, 5.74) is 1.33. The van der Waals surface area contributed by atoms with Crippen LogP contribution in [0.25, 0.3) is 0 Å². The van der Waals surface area contributed by atoms with E-state index in [-0.39, 0.29) is 12.1 Å². The Bertz CT molecular complexity index is 761. The standard InChI is InChI=1S/C19H22ClN5O/c20-15-4-2-14(3-5-15)12-23-18(26)24-16-10-19(11-16)6-9-25(13-19)17-21-7-1-8-22-17/h1-5,7-8,16H,6,9-13H2,(H2,23,24,26)/t16-,19+. The number of urea groups is 1. The topological polar surface area (TPSA) is 70.2 Å². The molecule has 0 unspecified atom stereocenters. The predicted molar refractivity (Wildman–Crippen MR) is 101 cm³/mol. The number of anilines is 1. The van der Waals surface area contributed by atoms with Crippen LogP contribution >= 0.6 is 11.6 Å². The first kappa shape index (κ1) is 17.1. The molecule has 1 aliphatic heterocycles. The molecule has 26 heavy (non-hydrogen) atoms. The highest BCUT2D eigenvalue weighted by molar-refractivity contribution is 6.30. The molecular formula is C19H22ClN5O. The molecule has 7 heteroatoms. The van der Waals surface area contributed by atoms with Crippen LogP contribution in [0.5, 0.6) is 0 Å². The van der Waals surface area contributed by atoms with E-state index < -0.39 is 0 Å². The third kappa shape index (κ3) is 3.75. The molecule has 2 aliphatic rings. The van der Waals surface area contributed by atoms with Crippen molar-refractivity contribution < 1.29 is 4.79 Å². The highest BCUT2D eigenvalue weighted by Crippen LogP contribution is 2.48. The van der Waals surface area contributed by atoms with Crippen molar-refractivity contribution in [3.8, 4) is 0 Å². The van der Waals surface area contributed by atoms with Gasteiger partial charge in [-0.15, -0.1) is 0 Å². The van der Waals surface area contributed by atoms with E-state index in [2.05, 4.69) is 25.5 Å². The summed E-state index contributed by atoms with van der Waals surface area (Å²) in [5.74, 6) is 0.807. The number of aromatic nitrogens is 2. The number of rotatable bonds is 4. The molecule has 1 spiro atoms. The Morgan fingerprint density at radius 2 is 1.96 bits per heavy atom. The number of benzene rings is 1. The van der Waals surface area contributed by atoms with Crippen molar-refractivity contribution in [2.24, 2.45) is 5.41 Å². The molecule has 1 aliphatic carbocycles. The van der Waals surface area contributed by atoms with Crippen molar-refractivity contribution in [1.29, 1.82) is 0 Å². The summed E-state index contributed by atoms with van der Waals surface area (Å²) < 4.78 is 0. The summed E-state index contributed by atoms with van der Waals surface area (Å²) >= 11 is 5.87. The lowest BCUT2D eigenvalue weighted by Gasteiger charge is -2.45. The first-order valence-electron chi connectivity index (χ1n) is 8.93. The van der Waals surface area contributed by atoms with Gasteiger partial charge in [-0.2, -0.15) is 0 Å². The minimum Gasteiger partial charge on any atom is -0.340 e. The van der Waals surface area contributed by atoms with Crippen LogP contribution in [0.4, 0.5) is 10.7 Å². The number of hydrogen-bond donors (Lipinski definition) is 2. The second-order valence-corrected chi connectivity index (χ2v) is 7.72. The average Bonchev–Trinajstić information content (AvgIpc) is 3.07. The maximum atomic E-state index is 12.1. The molecule has 2 amide bonds. The van der Waals surface area contributed by atoms with Crippen LogP contribution in [0.15, 0.2) is 42.7 Å². The van der Waals surface area contributed by atoms with E-state index in [0.717, 1.165) is 43.9 Å². The zero-order chi connectivity index (χ0) is 18.0. The SMILES string of the molecule is O=C(NCc1ccc(Cl)cc1)N[C@H]1C[C@]2(CCN(c3ncccn3)C2)C1. The molecule has 0 atom stereocenters. The van der Waals surface area contributed by atoms with E-state index >= 15 is 0 Å². The number of nitrogens with one attached hydrogen (secondary N) is 2. The molecule has 1 saturated carbocycles. The van der Waals surface area contributed by atoms with Gasteiger partial charge >= 0.3 is 6.03 Å². The number of hydrogen-bond acceptors (Lipinski definition) is 4. The van der Waals surface area contributed by atoms with E-state index in [1.165, 1.54) is 0 Å². The number of halogens is 1. The number of carbonyl (C=O) groups excluding carboxylic acids is 1. The van der Waals surface area contributed by atoms with Gasteiger partial charge < -0.3 is 15.5 Å². The summed E-state index contributed by atoms with van der Waals surface area (Å²) in [6.45, 7) is 2.46. The zero-order valence-corrected chi connectivity index (χ0v) is 15.2. The van der Waals surface area contributed by atoms with Crippen LogP contribution < -0.4 is 15.5 Å². The molecule has 2 heterocycles. The predicted octanol–water partition coefficient (Wildman–Crippen LogP) is 2.99. The first-order valence-corrected chi connectivity index (χ1v) is 9.31. The van der Waals surface area contributed by atoms with Gasteiger partial charge in [-0.1, -0.05) is 23.7 Å². The third-order valence-corrected chi connectivity index (χ3v) is 5.59. The van der Waals surface area contributed by atoms with Gasteiger partial charge in [0.1, 0.15) is 0 Å². The van der Waals surface area contributed by atoms with Crippen molar-refractivity contribution in [1.82, 2.24) is 20.6 Å². The van der Waals surface area contributed by atoms with Crippen molar-refractivity contribution in [3.05, 3.63) is 53.3 Å². The van der Waals surface area contributed by atoms with Crippen molar-refractivity contribution in [3.63, 3.8) is 0 Å². The fraction of sp³-hybridized carbons (Fsp3) is 0.421. The van der Waals surface area contributed by atoms with Gasteiger partial charge in [-0.05, 0) is 48.4 Å². The Balaban J connectivity index is 1.21. The van der Waals surface area contributed by atoms with Crippen LogP contribution in [0.2, 0.25) is 5.02 Å². The second-order valence-electron chi connectivity index (χ2n) is 7.28. The molecule has 2 aromatic rings. The van der Waals surface area contributed by atoms with E-state index in [1.807, 2.05) is 30.3 Å². The van der Waals surface area contributed by atoms with Crippen molar-refractivity contribution in [2.45, 2.75) is 31.8 Å². The lowest BCUT2D eigenvalue weighted by molar-refractivity contribution is 0.111. The molecule has 0 radical (unpaired) electrons. The molecule has 1 aromatic carbocycles. The molecule has 1 aromatic heterocycles. The lowest BCUT2D eigenvalue weighted by Crippen LogP contribution is -2.54. The maximum Gasteiger partial charge on any atom is 0.315 e. The monoisotopic (exact) mass is 371 g/mol. The van der Waals surface area contributed by atoms with E-state index in [9.17, 15) is 4.79 Å². The summed E-state index contributed by atoms with van der Waals surface area (Å²) in [6, 6.07) is 9.46. The Morgan fingerprint density at radius 3 is 2.69 bits per heavy atom. The summed E-state index contributed by atoms with van der Waals surface area (Å²) in [4.78, 5) is 23.0. The summed E-state index contributed by atoms with van der Waals surface area (Å²) in [5, 5.41) is 6.68. The zero-order valence-electron chi connectivity index (χ0n) is 14.5. The van der Waals surface area contributed by atoms with Crippen LogP contribution in [0, 0.1) is 5.41 Å². The maximum absolute atomic E-state index is 12.1. The van der Waals surface area contributed by atoms with Gasteiger partial charge in [-0.25, -0.2) is 14.8 Å². The molecule has 4 rings (SSSR count). The van der Waals surface area contributed by atoms with Crippen LogP contribution in [0.1, 0.15) is 24.8 Å². The number of carbonyl (C=O) groups is 1. The van der Waals surface area contributed by atoms with Crippen LogP contribution in [-0.4, -0.2) is 35.1 Å². The number of amides is 2. The first-order chi connectivity index (χ1) is 12.6. The second kappa shape index (κ2) is 7.11. The molecule has 2 N–H and O–H groups in total. The van der Waals surface area contributed by atoms with Gasteiger partial charge in [0.15, 0.2) is 0 Å². The minimum absolute atomic E-state index is 0.110. The highest BCUT2D eigenvalue weighted by atomic mass is 35.5. The molecule has 136 valence electrons. The Labute approximate surface area is 158 Å². The smallest absolute Gasteiger partial charge is 0.315 e. The van der Waals surface area contributed by atoms with Crippen molar-refractivity contribution in [2.75, 3.05) is 18.0 Å². The summed E-state index contributed by atoms with van der Waals surface area (Å²) in [7, 11) is 0. The van der Waals surface area contributed by atoms with Gasteiger partial charge in [0.2, 0.25) is 5.95 Å². The minimum atomic E-state index is -0.110. The molecule has 1 saturated heterocycles. The van der Waals surface area contributed by atoms with Gasteiger partial charge in [-0.3, -0.25) is 0 Å². The van der Waals surface area contributed by atoms with E-state index in [4.69, 9.17) is 11.6 Å². The lowest BCUT2D eigenvalue weighted by atomic mass is 9.65. The normalized spacial score (nSPS) is 24.3. The van der Waals surface area contributed by atoms with Crippen LogP contribution in [0.3, 0.4) is 0 Å². The molecular weight excluding hydrogens is 350 g/mol. The fourth-order valence-electron chi connectivity index (χ4n) is 4.00. The Hall–Kier alpha value is -2.34. The Morgan fingerprint density at radius 1 is 1.23 bits per heavy atom. The molecule has 6 nitrogen and oxygen atoms in total. The van der Waals surface area contributed by atoms with Gasteiger partial charge in [0.25, 0.3) is 0 Å². The quantitative estimate of drug-likeness (QED) is 0.866. The number of nitrogens with zero attached hydrogens (tertiary/aromatic N) is 3. The third-order valence-electron chi connectivity index (χ3n) is 5.33. The van der Waals surface area contributed by atoms with E-state index in [1.54, 1.807) is 12.4 Å². The largest absolute Gasteiger partial charge is 0.340 e. The molecule has 2 fully saturated rings. The van der Waals surface area contributed by atoms with E-state index in [0.29, 0.717) is 17.0 Å². The highest BCUT2D eigenvalue weighted by Gasteiger charge is 2.49.